The van der Waals surface area contributed by atoms with Crippen molar-refractivity contribution in [2.75, 3.05) is 14.2 Å². The van der Waals surface area contributed by atoms with Crippen LogP contribution in [0.4, 0.5) is 0 Å². The molecule has 1 aromatic rings. The number of hydrogen-bond donors (Lipinski definition) is 1. The second-order valence-corrected chi connectivity index (χ2v) is 4.89. The lowest BCUT2D eigenvalue weighted by Crippen LogP contribution is -2.12. The molecule has 19 heavy (non-hydrogen) atoms. The van der Waals surface area contributed by atoms with Crippen LogP contribution in [0.1, 0.15) is 24.5 Å². The first-order valence-electron chi connectivity index (χ1n) is 6.24. The summed E-state index contributed by atoms with van der Waals surface area (Å²) in [6.07, 6.45) is 2.99. The molecule has 1 unspecified atom stereocenters. The van der Waals surface area contributed by atoms with Gasteiger partial charge in [-0.25, -0.2) is 4.79 Å². The Morgan fingerprint density at radius 1 is 1.26 bits per heavy atom. The number of fused-ring (bicyclic) bond motifs is 1. The Morgan fingerprint density at radius 2 is 1.89 bits per heavy atom. The van der Waals surface area contributed by atoms with Gasteiger partial charge in [0, 0.05) is 6.08 Å². The van der Waals surface area contributed by atoms with E-state index in [2.05, 4.69) is 6.92 Å². The number of carbonyl (C=O) groups is 1. The summed E-state index contributed by atoms with van der Waals surface area (Å²) in [6, 6.07) is 3.81. The average Bonchev–Trinajstić information content (AvgIpc) is 2.36. The zero-order valence-electron chi connectivity index (χ0n) is 11.4. The summed E-state index contributed by atoms with van der Waals surface area (Å²) < 4.78 is 10.6. The molecule has 0 spiro atoms. The monoisotopic (exact) mass is 262 g/mol. The summed E-state index contributed by atoms with van der Waals surface area (Å²) in [5.74, 6) is 0.832. The highest BCUT2D eigenvalue weighted by atomic mass is 16.5. The zero-order valence-corrected chi connectivity index (χ0v) is 11.4. The number of hydrogen-bond acceptors (Lipinski definition) is 3. The number of carboxylic acids is 1. The molecule has 1 aliphatic carbocycles. The molecule has 4 nitrogen and oxygen atoms in total. The third-order valence-corrected chi connectivity index (χ3v) is 3.39. The van der Waals surface area contributed by atoms with E-state index in [1.54, 1.807) is 14.2 Å². The lowest BCUT2D eigenvalue weighted by atomic mass is 9.81. The van der Waals surface area contributed by atoms with Crippen molar-refractivity contribution < 1.29 is 19.4 Å². The van der Waals surface area contributed by atoms with Crippen molar-refractivity contribution in [3.05, 3.63) is 29.3 Å². The Kier molecular flexibility index (Phi) is 3.79. The summed E-state index contributed by atoms with van der Waals surface area (Å²) in [5, 5.41) is 8.97. The van der Waals surface area contributed by atoms with Crippen LogP contribution in [-0.4, -0.2) is 25.3 Å². The summed E-state index contributed by atoms with van der Waals surface area (Å²) in [5.41, 5.74) is 2.92. The molecule has 4 heteroatoms. The van der Waals surface area contributed by atoms with Crippen LogP contribution in [-0.2, 0) is 11.2 Å². The second kappa shape index (κ2) is 5.34. The fraction of sp³-hybridized carbons (Fsp3) is 0.400. The smallest absolute Gasteiger partial charge is 0.328 e. The van der Waals surface area contributed by atoms with Gasteiger partial charge in [0.15, 0.2) is 11.5 Å². The van der Waals surface area contributed by atoms with Crippen molar-refractivity contribution in [3.8, 4) is 11.5 Å². The van der Waals surface area contributed by atoms with Gasteiger partial charge in [0.2, 0.25) is 0 Å². The van der Waals surface area contributed by atoms with Crippen LogP contribution in [0.2, 0.25) is 0 Å². The SMILES string of the molecule is COc1cc2c(cc1OC)/C(=C/C(=O)O)CC(C)C2. The molecule has 2 rings (SSSR count). The highest BCUT2D eigenvalue weighted by Crippen LogP contribution is 2.40. The van der Waals surface area contributed by atoms with Crippen molar-refractivity contribution >= 4 is 11.5 Å². The minimum atomic E-state index is -0.912. The van der Waals surface area contributed by atoms with Crippen molar-refractivity contribution in [1.82, 2.24) is 0 Å². The largest absolute Gasteiger partial charge is 0.493 e. The molecule has 0 amide bonds. The van der Waals surface area contributed by atoms with Gasteiger partial charge in [-0.3, -0.25) is 0 Å². The van der Waals surface area contributed by atoms with E-state index in [1.165, 1.54) is 6.08 Å². The van der Waals surface area contributed by atoms with Gasteiger partial charge in [-0.15, -0.1) is 0 Å². The van der Waals surface area contributed by atoms with E-state index in [0.717, 1.165) is 29.5 Å². The normalized spacial score (nSPS) is 19.9. The van der Waals surface area contributed by atoms with E-state index in [1.807, 2.05) is 12.1 Å². The molecule has 1 aromatic carbocycles. The van der Waals surface area contributed by atoms with Gasteiger partial charge in [0.05, 0.1) is 14.2 Å². The predicted molar refractivity (Wildman–Crippen MR) is 72.6 cm³/mol. The van der Waals surface area contributed by atoms with Gasteiger partial charge in [0.1, 0.15) is 0 Å². The van der Waals surface area contributed by atoms with E-state index in [9.17, 15) is 4.79 Å². The Morgan fingerprint density at radius 3 is 2.47 bits per heavy atom. The van der Waals surface area contributed by atoms with E-state index >= 15 is 0 Å². The van der Waals surface area contributed by atoms with E-state index in [0.29, 0.717) is 17.4 Å². The highest BCUT2D eigenvalue weighted by molar-refractivity contribution is 5.91. The second-order valence-electron chi connectivity index (χ2n) is 4.89. The van der Waals surface area contributed by atoms with Gasteiger partial charge < -0.3 is 14.6 Å². The van der Waals surface area contributed by atoms with Crippen LogP contribution in [0.15, 0.2) is 18.2 Å². The van der Waals surface area contributed by atoms with Gasteiger partial charge in [-0.05, 0) is 47.6 Å². The fourth-order valence-corrected chi connectivity index (χ4v) is 2.61. The van der Waals surface area contributed by atoms with Crippen molar-refractivity contribution in [2.24, 2.45) is 5.92 Å². The molecule has 1 N–H and O–H groups in total. The number of ether oxygens (including phenoxy) is 2. The first-order valence-corrected chi connectivity index (χ1v) is 6.24. The number of methoxy groups -OCH3 is 2. The van der Waals surface area contributed by atoms with Crippen LogP contribution in [0.3, 0.4) is 0 Å². The molecule has 0 bridgehead atoms. The Labute approximate surface area is 112 Å². The van der Waals surface area contributed by atoms with Gasteiger partial charge in [0.25, 0.3) is 0 Å². The molecule has 0 radical (unpaired) electrons. The molecular weight excluding hydrogens is 244 g/mol. The third kappa shape index (κ3) is 2.72. The molecule has 0 aromatic heterocycles. The van der Waals surface area contributed by atoms with Crippen LogP contribution in [0.5, 0.6) is 11.5 Å². The van der Waals surface area contributed by atoms with Crippen LogP contribution in [0.25, 0.3) is 5.57 Å². The van der Waals surface area contributed by atoms with Gasteiger partial charge in [-0.2, -0.15) is 0 Å². The first-order chi connectivity index (χ1) is 9.05. The number of carboxylic acid groups (broad SMARTS) is 1. The third-order valence-electron chi connectivity index (χ3n) is 3.39. The number of rotatable bonds is 3. The lowest BCUT2D eigenvalue weighted by Gasteiger charge is -2.25. The molecule has 0 fully saturated rings. The average molecular weight is 262 g/mol. The van der Waals surface area contributed by atoms with Crippen molar-refractivity contribution in [1.29, 1.82) is 0 Å². The zero-order chi connectivity index (χ0) is 14.0. The Hall–Kier alpha value is -1.97. The maximum atomic E-state index is 10.9. The first kappa shape index (κ1) is 13.5. The summed E-state index contributed by atoms with van der Waals surface area (Å²) in [6.45, 7) is 2.12. The van der Waals surface area contributed by atoms with Gasteiger partial charge in [-0.1, -0.05) is 6.92 Å². The summed E-state index contributed by atoms with van der Waals surface area (Å²) >= 11 is 0. The summed E-state index contributed by atoms with van der Waals surface area (Å²) in [4.78, 5) is 10.9. The standard InChI is InChI=1S/C15H18O4/c1-9-4-10-6-13(18-2)14(19-3)8-12(10)11(5-9)7-15(16)17/h6-9H,4-5H2,1-3H3,(H,16,17)/b11-7+. The number of allylic oxidation sites excluding steroid dienone is 1. The van der Waals surface area contributed by atoms with Gasteiger partial charge >= 0.3 is 5.97 Å². The molecule has 1 atom stereocenters. The Balaban J connectivity index is 2.57. The molecule has 102 valence electrons. The molecule has 0 aliphatic heterocycles. The molecule has 0 saturated heterocycles. The molecule has 0 heterocycles. The highest BCUT2D eigenvalue weighted by Gasteiger charge is 2.22. The minimum Gasteiger partial charge on any atom is -0.493 e. The van der Waals surface area contributed by atoms with Crippen LogP contribution < -0.4 is 9.47 Å². The van der Waals surface area contributed by atoms with E-state index < -0.39 is 5.97 Å². The maximum absolute atomic E-state index is 10.9. The predicted octanol–water partition coefficient (Wildman–Crippen LogP) is 2.75. The van der Waals surface area contributed by atoms with Crippen LogP contribution in [0, 0.1) is 5.92 Å². The summed E-state index contributed by atoms with van der Waals surface area (Å²) in [7, 11) is 3.18. The quantitative estimate of drug-likeness (QED) is 0.851. The Bertz CT molecular complexity index is 531. The lowest BCUT2D eigenvalue weighted by molar-refractivity contribution is -0.131. The van der Waals surface area contributed by atoms with E-state index in [4.69, 9.17) is 14.6 Å². The van der Waals surface area contributed by atoms with Crippen molar-refractivity contribution in [3.63, 3.8) is 0 Å². The number of benzene rings is 1. The minimum absolute atomic E-state index is 0.427. The maximum Gasteiger partial charge on any atom is 0.328 e. The molecule has 0 saturated carbocycles. The fourth-order valence-electron chi connectivity index (χ4n) is 2.61. The number of aliphatic carboxylic acids is 1. The molecular formula is C15H18O4. The molecule has 1 aliphatic rings. The van der Waals surface area contributed by atoms with E-state index in [-0.39, 0.29) is 0 Å². The van der Waals surface area contributed by atoms with Crippen LogP contribution >= 0.6 is 0 Å². The topological polar surface area (TPSA) is 55.8 Å². The van der Waals surface area contributed by atoms with Crippen molar-refractivity contribution in [2.45, 2.75) is 19.8 Å².